The Hall–Kier alpha value is -2.62. The Labute approximate surface area is 103 Å². The van der Waals surface area contributed by atoms with Gasteiger partial charge < -0.3 is 9.51 Å². The van der Waals surface area contributed by atoms with Crippen LogP contribution in [0.3, 0.4) is 0 Å². The lowest BCUT2D eigenvalue weighted by molar-refractivity contribution is 0.112. The van der Waals surface area contributed by atoms with Crippen LogP contribution in [0.5, 0.6) is 5.75 Å². The van der Waals surface area contributed by atoms with Gasteiger partial charge in [-0.3, -0.25) is 4.79 Å². The summed E-state index contributed by atoms with van der Waals surface area (Å²) in [5.74, 6) is 0.175. The van der Waals surface area contributed by atoms with Gasteiger partial charge in [-0.1, -0.05) is 12.1 Å². The number of hydrogen-bond donors (Lipinski definition) is 1. The molecule has 2 heterocycles. The number of carbonyl (C=O) groups is 1. The summed E-state index contributed by atoms with van der Waals surface area (Å²) in [6.45, 7) is 0. The fourth-order valence-electron chi connectivity index (χ4n) is 1.95. The van der Waals surface area contributed by atoms with Crippen molar-refractivity contribution in [3.63, 3.8) is 0 Å². The van der Waals surface area contributed by atoms with Crippen LogP contribution in [0.15, 0.2) is 48.8 Å². The fourth-order valence-corrected chi connectivity index (χ4v) is 1.95. The summed E-state index contributed by atoms with van der Waals surface area (Å²) in [5, 5.41) is 9.80. The van der Waals surface area contributed by atoms with Crippen LogP contribution < -0.4 is 0 Å². The highest BCUT2D eigenvalue weighted by atomic mass is 16.3. The number of imidazole rings is 1. The number of aldehydes is 1. The highest BCUT2D eigenvalue weighted by Crippen LogP contribution is 2.28. The second-order valence-electron chi connectivity index (χ2n) is 3.96. The summed E-state index contributed by atoms with van der Waals surface area (Å²) in [7, 11) is 0. The fraction of sp³-hybridized carbons (Fsp3) is 0. The average Bonchev–Trinajstić information content (AvgIpc) is 2.82. The Bertz CT molecular complexity index is 731. The Morgan fingerprint density at radius 3 is 2.78 bits per heavy atom. The summed E-state index contributed by atoms with van der Waals surface area (Å²) >= 11 is 0. The third-order valence-electron chi connectivity index (χ3n) is 2.82. The number of aromatic nitrogens is 2. The molecule has 88 valence electrons. The van der Waals surface area contributed by atoms with Crippen molar-refractivity contribution >= 4 is 11.9 Å². The maximum absolute atomic E-state index is 10.9. The molecule has 1 N–H and O–H groups in total. The molecule has 0 radical (unpaired) electrons. The molecule has 0 spiro atoms. The molecule has 2 aromatic heterocycles. The van der Waals surface area contributed by atoms with E-state index >= 15 is 0 Å². The van der Waals surface area contributed by atoms with Crippen molar-refractivity contribution in [1.29, 1.82) is 0 Å². The molecule has 1 aromatic carbocycles. The van der Waals surface area contributed by atoms with Crippen molar-refractivity contribution in [2.75, 3.05) is 0 Å². The molecule has 0 aliphatic carbocycles. The number of phenols is 1. The van der Waals surface area contributed by atoms with Gasteiger partial charge in [-0.15, -0.1) is 0 Å². The summed E-state index contributed by atoms with van der Waals surface area (Å²) < 4.78 is 1.77. The van der Waals surface area contributed by atoms with Crippen LogP contribution in [-0.2, 0) is 0 Å². The molecule has 0 fully saturated rings. The highest BCUT2D eigenvalue weighted by Gasteiger charge is 2.09. The van der Waals surface area contributed by atoms with Crippen LogP contribution in [0, 0.1) is 0 Å². The smallest absolute Gasteiger partial charge is 0.153 e. The van der Waals surface area contributed by atoms with Crippen molar-refractivity contribution in [3.8, 4) is 17.0 Å². The molecule has 0 aliphatic heterocycles. The molecule has 0 aliphatic rings. The number of fused-ring (bicyclic) bond motifs is 1. The van der Waals surface area contributed by atoms with E-state index in [2.05, 4.69) is 4.98 Å². The van der Waals surface area contributed by atoms with Crippen LogP contribution in [-0.4, -0.2) is 20.8 Å². The number of carbonyl (C=O) groups excluding carboxylic acids is 1. The number of rotatable bonds is 2. The van der Waals surface area contributed by atoms with Gasteiger partial charge in [0, 0.05) is 18.0 Å². The summed E-state index contributed by atoms with van der Waals surface area (Å²) in [6.07, 6.45) is 4.38. The normalized spacial score (nSPS) is 10.7. The van der Waals surface area contributed by atoms with Gasteiger partial charge >= 0.3 is 0 Å². The Balaban J connectivity index is 2.26. The zero-order valence-electron chi connectivity index (χ0n) is 9.45. The third kappa shape index (κ3) is 1.55. The van der Waals surface area contributed by atoms with E-state index < -0.39 is 0 Å². The van der Waals surface area contributed by atoms with Gasteiger partial charge in [0.1, 0.15) is 11.4 Å². The Morgan fingerprint density at radius 2 is 2.00 bits per heavy atom. The Kier molecular flexibility index (Phi) is 2.34. The molecule has 0 saturated heterocycles. The molecule has 3 aromatic rings. The van der Waals surface area contributed by atoms with E-state index in [9.17, 15) is 9.90 Å². The lowest BCUT2D eigenvalue weighted by Gasteiger charge is -1.98. The second kappa shape index (κ2) is 4.00. The van der Waals surface area contributed by atoms with Crippen LogP contribution in [0.2, 0.25) is 0 Å². The minimum Gasteiger partial charge on any atom is -0.507 e. The predicted octanol–water partition coefficient (Wildman–Crippen LogP) is 2.52. The number of benzene rings is 1. The number of para-hydroxylation sites is 1. The molecule has 3 rings (SSSR count). The first-order chi connectivity index (χ1) is 8.79. The largest absolute Gasteiger partial charge is 0.507 e. The quantitative estimate of drug-likeness (QED) is 0.698. The number of phenolic OH excluding ortho intramolecular Hbond substituents is 1. The zero-order valence-corrected chi connectivity index (χ0v) is 9.45. The van der Waals surface area contributed by atoms with E-state index in [1.807, 2.05) is 12.3 Å². The van der Waals surface area contributed by atoms with Gasteiger partial charge in [0.25, 0.3) is 0 Å². The molecule has 0 amide bonds. The standard InChI is InChI=1S/C14H10N2O2/c17-9-10-4-3-7-16-8-12(15-14(10)16)11-5-1-2-6-13(11)18/h1-9,18H. The van der Waals surface area contributed by atoms with Gasteiger partial charge in [0.15, 0.2) is 6.29 Å². The Morgan fingerprint density at radius 1 is 1.17 bits per heavy atom. The van der Waals surface area contributed by atoms with Crippen LogP contribution >= 0.6 is 0 Å². The van der Waals surface area contributed by atoms with Crippen molar-refractivity contribution in [3.05, 3.63) is 54.4 Å². The lowest BCUT2D eigenvalue weighted by Crippen LogP contribution is -1.88. The summed E-state index contributed by atoms with van der Waals surface area (Å²) in [4.78, 5) is 15.3. The van der Waals surface area contributed by atoms with Gasteiger partial charge in [-0.2, -0.15) is 0 Å². The van der Waals surface area contributed by atoms with E-state index in [0.717, 1.165) is 6.29 Å². The molecular formula is C14H10N2O2. The SMILES string of the molecule is O=Cc1cccn2cc(-c3ccccc3O)nc12. The van der Waals surface area contributed by atoms with Gasteiger partial charge in [-0.25, -0.2) is 4.98 Å². The van der Waals surface area contributed by atoms with Gasteiger partial charge in [0.05, 0.1) is 11.3 Å². The van der Waals surface area contributed by atoms with E-state index in [4.69, 9.17) is 0 Å². The molecule has 0 atom stereocenters. The van der Waals surface area contributed by atoms with Crippen molar-refractivity contribution < 1.29 is 9.90 Å². The van der Waals surface area contributed by atoms with Gasteiger partial charge in [-0.05, 0) is 24.3 Å². The van der Waals surface area contributed by atoms with Crippen molar-refractivity contribution in [1.82, 2.24) is 9.38 Å². The first-order valence-electron chi connectivity index (χ1n) is 5.51. The van der Waals surface area contributed by atoms with E-state index in [1.54, 1.807) is 40.9 Å². The molecule has 18 heavy (non-hydrogen) atoms. The highest BCUT2D eigenvalue weighted by molar-refractivity contribution is 5.85. The number of hydrogen-bond acceptors (Lipinski definition) is 3. The van der Waals surface area contributed by atoms with E-state index in [-0.39, 0.29) is 5.75 Å². The molecule has 4 nitrogen and oxygen atoms in total. The van der Waals surface area contributed by atoms with Crippen LogP contribution in [0.4, 0.5) is 0 Å². The monoisotopic (exact) mass is 238 g/mol. The predicted molar refractivity (Wildman–Crippen MR) is 67.7 cm³/mol. The second-order valence-corrected chi connectivity index (χ2v) is 3.96. The van der Waals surface area contributed by atoms with Crippen LogP contribution in [0.1, 0.15) is 10.4 Å². The van der Waals surface area contributed by atoms with E-state index in [0.29, 0.717) is 22.5 Å². The first-order valence-corrected chi connectivity index (χ1v) is 5.51. The molecular weight excluding hydrogens is 228 g/mol. The molecule has 0 saturated carbocycles. The lowest BCUT2D eigenvalue weighted by atomic mass is 10.1. The summed E-state index contributed by atoms with van der Waals surface area (Å²) in [5.41, 5.74) is 2.41. The van der Waals surface area contributed by atoms with Crippen molar-refractivity contribution in [2.24, 2.45) is 0 Å². The van der Waals surface area contributed by atoms with Crippen molar-refractivity contribution in [2.45, 2.75) is 0 Å². The molecule has 0 bridgehead atoms. The van der Waals surface area contributed by atoms with E-state index in [1.165, 1.54) is 0 Å². The maximum Gasteiger partial charge on any atom is 0.153 e. The number of pyridine rings is 1. The average molecular weight is 238 g/mol. The zero-order chi connectivity index (χ0) is 12.5. The summed E-state index contributed by atoms with van der Waals surface area (Å²) in [6, 6.07) is 10.5. The topological polar surface area (TPSA) is 54.6 Å². The minimum absolute atomic E-state index is 0.175. The number of aromatic hydroxyl groups is 1. The first kappa shape index (κ1) is 10.5. The van der Waals surface area contributed by atoms with Crippen LogP contribution in [0.25, 0.3) is 16.9 Å². The minimum atomic E-state index is 0.175. The third-order valence-corrected chi connectivity index (χ3v) is 2.82. The maximum atomic E-state index is 10.9. The molecule has 0 unspecified atom stereocenters. The van der Waals surface area contributed by atoms with Gasteiger partial charge in [0.2, 0.25) is 0 Å². The molecule has 4 heteroatoms. The number of nitrogens with zero attached hydrogens (tertiary/aromatic N) is 2.